The molecule has 0 aromatic heterocycles. The average molecular weight is 699 g/mol. The van der Waals surface area contributed by atoms with E-state index in [0.717, 1.165) is 20.6 Å². The second kappa shape index (κ2) is 12.4. The highest BCUT2D eigenvalue weighted by Crippen LogP contribution is 2.41. The Balaban J connectivity index is 1.02. The summed E-state index contributed by atoms with van der Waals surface area (Å²) in [7, 11) is 0. The van der Waals surface area contributed by atoms with Gasteiger partial charge in [-0.25, -0.2) is 0 Å². The molecule has 6 amide bonds. The molecule has 0 fully saturated rings. The maximum absolute atomic E-state index is 14.5. The van der Waals surface area contributed by atoms with Crippen LogP contribution in [-0.4, -0.2) is 64.9 Å². The van der Waals surface area contributed by atoms with Gasteiger partial charge < -0.3 is 9.80 Å². The van der Waals surface area contributed by atoms with Crippen molar-refractivity contribution in [3.05, 3.63) is 155 Å². The van der Waals surface area contributed by atoms with Crippen LogP contribution in [0.25, 0.3) is 21.5 Å². The molecule has 9 rings (SSSR count). The van der Waals surface area contributed by atoms with E-state index in [-0.39, 0.29) is 6.54 Å². The van der Waals surface area contributed by atoms with Gasteiger partial charge in [-0.05, 0) is 65.2 Å². The van der Waals surface area contributed by atoms with Crippen LogP contribution in [0.2, 0.25) is 0 Å². The van der Waals surface area contributed by atoms with Crippen LogP contribution in [-0.2, 0) is 9.59 Å². The Morgan fingerprint density at radius 3 is 1.55 bits per heavy atom. The van der Waals surface area contributed by atoms with Gasteiger partial charge in [0.2, 0.25) is 11.8 Å². The second-order valence-electron chi connectivity index (χ2n) is 13.3. The Kier molecular flexibility index (Phi) is 7.47. The standard InChI is InChI=1S/C43H30N4O6/c48-36(24-45-40(50)30-17-6-10-26-11-7-18-31(38(26)30)41(45)51)44-23-22-35(29-16-4-5-21-34(29)44)47(28-14-2-1-3-15-28)37(49)25-46-42(52)32-19-8-12-27-13-9-20-33(39(27)32)43(46)53/h1-21,35H,22-25H2/t35-/m0/s1. The molecule has 0 unspecified atom stereocenters. The van der Waals surface area contributed by atoms with E-state index in [1.165, 1.54) is 0 Å². The summed E-state index contributed by atoms with van der Waals surface area (Å²) in [5.41, 5.74) is 3.23. The third-order valence-corrected chi connectivity index (χ3v) is 10.4. The number of nitrogens with zero attached hydrogens (tertiary/aromatic N) is 4. The van der Waals surface area contributed by atoms with Gasteiger partial charge in [-0.2, -0.15) is 0 Å². The van der Waals surface area contributed by atoms with E-state index in [1.54, 1.807) is 94.7 Å². The molecule has 0 bridgehead atoms. The topological polar surface area (TPSA) is 115 Å². The molecule has 258 valence electrons. The van der Waals surface area contributed by atoms with Gasteiger partial charge in [0.15, 0.2) is 0 Å². The van der Waals surface area contributed by atoms with E-state index < -0.39 is 54.6 Å². The zero-order valence-electron chi connectivity index (χ0n) is 28.3. The van der Waals surface area contributed by atoms with Gasteiger partial charge in [0.05, 0.1) is 6.04 Å². The molecule has 10 heteroatoms. The summed E-state index contributed by atoms with van der Waals surface area (Å²) in [5, 5.41) is 2.71. The van der Waals surface area contributed by atoms with Crippen LogP contribution in [0.15, 0.2) is 127 Å². The lowest BCUT2D eigenvalue weighted by molar-refractivity contribution is -0.119. The van der Waals surface area contributed by atoms with Crippen molar-refractivity contribution in [2.75, 3.05) is 29.4 Å². The number of anilines is 2. The highest BCUT2D eigenvalue weighted by atomic mass is 16.2. The number of hydrogen-bond acceptors (Lipinski definition) is 6. The van der Waals surface area contributed by atoms with Crippen LogP contribution < -0.4 is 9.80 Å². The van der Waals surface area contributed by atoms with Crippen molar-refractivity contribution in [3.8, 4) is 0 Å². The molecule has 3 heterocycles. The fourth-order valence-electron chi connectivity index (χ4n) is 8.04. The third-order valence-electron chi connectivity index (χ3n) is 10.4. The van der Waals surface area contributed by atoms with E-state index in [4.69, 9.17) is 0 Å². The third kappa shape index (κ3) is 5.02. The fourth-order valence-corrected chi connectivity index (χ4v) is 8.04. The number of benzene rings is 6. The number of carbonyl (C=O) groups excluding carboxylic acids is 6. The summed E-state index contributed by atoms with van der Waals surface area (Å²) in [6.45, 7) is -0.779. The average Bonchev–Trinajstić information content (AvgIpc) is 3.19. The molecule has 0 aliphatic carbocycles. The van der Waals surface area contributed by atoms with Gasteiger partial charge in [-0.3, -0.25) is 38.6 Å². The van der Waals surface area contributed by atoms with Crippen LogP contribution in [0.1, 0.15) is 59.5 Å². The Morgan fingerprint density at radius 1 is 0.547 bits per heavy atom. The van der Waals surface area contributed by atoms with E-state index in [1.807, 2.05) is 42.5 Å². The first-order chi connectivity index (χ1) is 25.8. The van der Waals surface area contributed by atoms with Crippen LogP contribution in [0.4, 0.5) is 11.4 Å². The van der Waals surface area contributed by atoms with E-state index in [0.29, 0.717) is 56.4 Å². The number of imide groups is 2. The number of amides is 6. The molecule has 3 aliphatic rings. The lowest BCUT2D eigenvalue weighted by atomic mass is 9.93. The van der Waals surface area contributed by atoms with E-state index >= 15 is 0 Å². The van der Waals surface area contributed by atoms with Crippen molar-refractivity contribution in [1.29, 1.82) is 0 Å². The molecule has 0 saturated heterocycles. The van der Waals surface area contributed by atoms with Crippen molar-refractivity contribution in [3.63, 3.8) is 0 Å². The molecule has 6 aromatic carbocycles. The van der Waals surface area contributed by atoms with Gasteiger partial charge in [0, 0.05) is 50.9 Å². The normalized spacial score (nSPS) is 16.3. The highest BCUT2D eigenvalue weighted by Gasteiger charge is 2.40. The summed E-state index contributed by atoms with van der Waals surface area (Å²) in [6, 6.07) is 36.7. The molecule has 0 saturated carbocycles. The summed E-state index contributed by atoms with van der Waals surface area (Å²) in [5.74, 6) is -3.06. The quantitative estimate of drug-likeness (QED) is 0.186. The summed E-state index contributed by atoms with van der Waals surface area (Å²) < 4.78 is 0. The molecule has 0 spiro atoms. The van der Waals surface area contributed by atoms with Crippen LogP contribution in [0, 0.1) is 0 Å². The first-order valence-electron chi connectivity index (χ1n) is 17.3. The summed E-state index contributed by atoms with van der Waals surface area (Å²) in [6.07, 6.45) is 0.303. The summed E-state index contributed by atoms with van der Waals surface area (Å²) >= 11 is 0. The maximum atomic E-state index is 14.5. The molecule has 0 radical (unpaired) electrons. The fraction of sp³-hybridized carbons (Fsp3) is 0.116. The lowest BCUT2D eigenvalue weighted by Crippen LogP contribution is -2.51. The Labute approximate surface area is 303 Å². The lowest BCUT2D eigenvalue weighted by Gasteiger charge is -2.41. The number of fused-ring (bicyclic) bond motifs is 1. The highest BCUT2D eigenvalue weighted by molar-refractivity contribution is 6.27. The molecule has 0 N–H and O–H groups in total. The molecular weight excluding hydrogens is 668 g/mol. The Hall–Kier alpha value is -6.94. The van der Waals surface area contributed by atoms with Crippen molar-refractivity contribution >= 4 is 68.4 Å². The largest absolute Gasteiger partial charge is 0.310 e. The second-order valence-corrected chi connectivity index (χ2v) is 13.3. The number of hydrogen-bond donors (Lipinski definition) is 0. The predicted octanol–water partition coefficient (Wildman–Crippen LogP) is 6.40. The zero-order chi connectivity index (χ0) is 36.4. The number of rotatable bonds is 6. The van der Waals surface area contributed by atoms with Gasteiger partial charge in [-0.15, -0.1) is 0 Å². The van der Waals surface area contributed by atoms with Gasteiger partial charge in [0.25, 0.3) is 23.6 Å². The first kappa shape index (κ1) is 32.0. The molecule has 10 nitrogen and oxygen atoms in total. The molecular formula is C43H30N4O6. The summed E-state index contributed by atoms with van der Waals surface area (Å²) in [4.78, 5) is 88.5. The van der Waals surface area contributed by atoms with E-state index in [9.17, 15) is 28.8 Å². The van der Waals surface area contributed by atoms with Crippen LogP contribution in [0.5, 0.6) is 0 Å². The molecule has 1 atom stereocenters. The maximum Gasteiger partial charge on any atom is 0.261 e. The van der Waals surface area contributed by atoms with Crippen LogP contribution >= 0.6 is 0 Å². The van der Waals surface area contributed by atoms with Gasteiger partial charge in [0.1, 0.15) is 13.1 Å². The molecule has 53 heavy (non-hydrogen) atoms. The van der Waals surface area contributed by atoms with Crippen LogP contribution in [0.3, 0.4) is 0 Å². The van der Waals surface area contributed by atoms with Crippen molar-refractivity contribution < 1.29 is 28.8 Å². The van der Waals surface area contributed by atoms with Crippen molar-refractivity contribution in [2.24, 2.45) is 0 Å². The molecule has 3 aliphatic heterocycles. The Morgan fingerprint density at radius 2 is 1.02 bits per heavy atom. The first-order valence-corrected chi connectivity index (χ1v) is 17.3. The molecule has 6 aromatic rings. The van der Waals surface area contributed by atoms with Gasteiger partial charge >= 0.3 is 0 Å². The minimum Gasteiger partial charge on any atom is -0.310 e. The smallest absolute Gasteiger partial charge is 0.261 e. The monoisotopic (exact) mass is 698 g/mol. The van der Waals surface area contributed by atoms with Crippen molar-refractivity contribution in [2.45, 2.75) is 12.5 Å². The minimum absolute atomic E-state index is 0.177. The Bertz CT molecular complexity index is 2480. The van der Waals surface area contributed by atoms with Gasteiger partial charge in [-0.1, -0.05) is 84.9 Å². The number of carbonyl (C=O) groups is 6. The van der Waals surface area contributed by atoms with Crippen molar-refractivity contribution in [1.82, 2.24) is 9.80 Å². The predicted molar refractivity (Wildman–Crippen MR) is 199 cm³/mol. The SMILES string of the molecule is O=C1c2cccc3cccc(c23)C(=O)N1CC(=O)N1CC[C@H](N(C(=O)CN2C(=O)c3cccc4cccc(c34)C2=O)c2ccccc2)c2ccccc21. The van der Waals surface area contributed by atoms with E-state index in [2.05, 4.69) is 0 Å². The number of para-hydroxylation sites is 2. The zero-order valence-corrected chi connectivity index (χ0v) is 28.3. The minimum atomic E-state index is -0.571.